The molecule has 1 amide bonds. The van der Waals surface area contributed by atoms with E-state index in [1.54, 1.807) is 18.5 Å². The molecule has 5 rings (SSSR count). The van der Waals surface area contributed by atoms with Crippen LogP contribution in [0.5, 0.6) is 11.8 Å². The fraction of sp³-hybridized carbons (Fsp3) is 0.556. The zero-order valence-electron chi connectivity index (χ0n) is 22.2. The van der Waals surface area contributed by atoms with E-state index in [0.29, 0.717) is 24.2 Å². The number of hydrogen-bond acceptors (Lipinski definition) is 8. The SMILES string of the molecule is COc1nnc2ccc(N3CCC(c4ccc(OCCN5C[C@@H](C)N(C(C)=O)[C@@H](C)C5)cc4)CC3)nn12. The lowest BCUT2D eigenvalue weighted by Gasteiger charge is -2.44. The summed E-state index contributed by atoms with van der Waals surface area (Å²) in [5.41, 5.74) is 2.04. The number of nitrogens with zero attached hydrogens (tertiary/aromatic N) is 7. The van der Waals surface area contributed by atoms with Crippen LogP contribution in [0, 0.1) is 0 Å². The second-order valence-electron chi connectivity index (χ2n) is 10.2. The van der Waals surface area contributed by atoms with E-state index < -0.39 is 0 Å². The summed E-state index contributed by atoms with van der Waals surface area (Å²) in [6.07, 6.45) is 2.14. The van der Waals surface area contributed by atoms with Crippen LogP contribution < -0.4 is 14.4 Å². The first kappa shape index (κ1) is 25.3. The average Bonchev–Trinajstić information content (AvgIpc) is 3.31. The van der Waals surface area contributed by atoms with Crippen molar-refractivity contribution in [3.8, 4) is 11.8 Å². The highest BCUT2D eigenvalue weighted by Crippen LogP contribution is 2.31. The Hall–Kier alpha value is -3.40. The van der Waals surface area contributed by atoms with Crippen molar-refractivity contribution in [3.05, 3.63) is 42.0 Å². The third-order valence-electron chi connectivity index (χ3n) is 7.61. The van der Waals surface area contributed by atoms with Crippen LogP contribution in [-0.2, 0) is 4.79 Å². The second kappa shape index (κ2) is 10.9. The van der Waals surface area contributed by atoms with Gasteiger partial charge in [0.2, 0.25) is 5.91 Å². The summed E-state index contributed by atoms with van der Waals surface area (Å²) in [6.45, 7) is 11.1. The number of methoxy groups -OCH3 is 1. The Morgan fingerprint density at radius 1 is 1.00 bits per heavy atom. The predicted octanol–water partition coefficient (Wildman–Crippen LogP) is 2.84. The molecule has 0 aliphatic carbocycles. The van der Waals surface area contributed by atoms with Crippen molar-refractivity contribution in [3.63, 3.8) is 0 Å². The molecule has 3 aromatic rings. The molecule has 2 aliphatic rings. The van der Waals surface area contributed by atoms with Gasteiger partial charge in [0.25, 0.3) is 0 Å². The number of amides is 1. The van der Waals surface area contributed by atoms with Crippen LogP contribution in [0.1, 0.15) is 45.1 Å². The zero-order chi connectivity index (χ0) is 25.9. The van der Waals surface area contributed by atoms with Crippen LogP contribution in [-0.4, -0.2) is 94.0 Å². The van der Waals surface area contributed by atoms with E-state index in [4.69, 9.17) is 9.47 Å². The quantitative estimate of drug-likeness (QED) is 0.483. The summed E-state index contributed by atoms with van der Waals surface area (Å²) in [4.78, 5) is 18.6. The summed E-state index contributed by atoms with van der Waals surface area (Å²) >= 11 is 0. The van der Waals surface area contributed by atoms with Crippen LogP contribution in [0.2, 0.25) is 0 Å². The molecule has 0 unspecified atom stereocenters. The highest BCUT2D eigenvalue weighted by molar-refractivity contribution is 5.74. The van der Waals surface area contributed by atoms with Crippen LogP contribution in [0.3, 0.4) is 0 Å². The van der Waals surface area contributed by atoms with Gasteiger partial charge in [-0.1, -0.05) is 17.2 Å². The van der Waals surface area contributed by atoms with Crippen molar-refractivity contribution in [2.75, 3.05) is 51.3 Å². The van der Waals surface area contributed by atoms with E-state index in [9.17, 15) is 4.79 Å². The number of anilines is 1. The lowest BCUT2D eigenvalue weighted by Crippen LogP contribution is -2.58. The van der Waals surface area contributed by atoms with Crippen LogP contribution in [0.25, 0.3) is 5.65 Å². The molecule has 2 fully saturated rings. The lowest BCUT2D eigenvalue weighted by atomic mass is 9.89. The van der Waals surface area contributed by atoms with Gasteiger partial charge in [-0.15, -0.1) is 10.2 Å². The molecule has 198 valence electrons. The van der Waals surface area contributed by atoms with Crippen LogP contribution in [0.15, 0.2) is 36.4 Å². The Morgan fingerprint density at radius 3 is 2.35 bits per heavy atom. The summed E-state index contributed by atoms with van der Waals surface area (Å²) in [6, 6.07) is 13.4. The molecule has 1 aromatic carbocycles. The minimum atomic E-state index is 0.160. The molecule has 10 heteroatoms. The van der Waals surface area contributed by atoms with Crippen LogP contribution >= 0.6 is 0 Å². The first-order valence-electron chi connectivity index (χ1n) is 13.2. The standard InChI is InChI=1S/C27H37N7O3/c1-19-17-31(18-20(2)33(19)21(3)35)15-16-37-24-7-5-22(6-8-24)23-11-13-32(14-12-23)26-10-9-25-28-29-27(36-4)34(25)30-26/h5-10,19-20,23H,11-18H2,1-4H3/t19-,20+. The topological polar surface area (TPSA) is 88.3 Å². The van der Waals surface area contributed by atoms with Crippen molar-refractivity contribution >= 4 is 17.4 Å². The molecule has 10 nitrogen and oxygen atoms in total. The third-order valence-corrected chi connectivity index (χ3v) is 7.61. The molecule has 0 N–H and O–H groups in total. The average molecular weight is 508 g/mol. The van der Waals surface area contributed by atoms with Crippen molar-refractivity contribution < 1.29 is 14.3 Å². The Bertz CT molecular complexity index is 1190. The largest absolute Gasteiger partial charge is 0.492 e. The smallest absolute Gasteiger partial charge is 0.338 e. The maximum Gasteiger partial charge on any atom is 0.338 e. The fourth-order valence-electron chi connectivity index (χ4n) is 5.86. The van der Waals surface area contributed by atoms with E-state index >= 15 is 0 Å². The lowest BCUT2D eigenvalue weighted by molar-refractivity contribution is -0.136. The van der Waals surface area contributed by atoms with E-state index in [0.717, 1.165) is 57.1 Å². The van der Waals surface area contributed by atoms with Gasteiger partial charge in [0.05, 0.1) is 7.11 Å². The number of piperidine rings is 1. The minimum absolute atomic E-state index is 0.160. The molecule has 4 heterocycles. The zero-order valence-corrected chi connectivity index (χ0v) is 22.2. The molecule has 0 radical (unpaired) electrons. The first-order chi connectivity index (χ1) is 17.9. The maximum atomic E-state index is 11.9. The van der Waals surface area contributed by atoms with Crippen molar-refractivity contribution in [1.82, 2.24) is 29.6 Å². The van der Waals surface area contributed by atoms with Gasteiger partial charge in [-0.2, -0.15) is 4.52 Å². The molecule has 0 bridgehead atoms. The van der Waals surface area contributed by atoms with E-state index in [2.05, 4.69) is 63.2 Å². The van der Waals surface area contributed by atoms with E-state index in [-0.39, 0.29) is 18.0 Å². The summed E-state index contributed by atoms with van der Waals surface area (Å²) in [7, 11) is 1.58. The Kier molecular flexibility index (Phi) is 7.45. The number of carbonyl (C=O) groups excluding carboxylic acids is 1. The van der Waals surface area contributed by atoms with Gasteiger partial charge in [-0.25, -0.2) is 0 Å². The molecule has 2 saturated heterocycles. The molecule has 2 atom stereocenters. The van der Waals surface area contributed by atoms with Gasteiger partial charge >= 0.3 is 6.01 Å². The number of carbonyl (C=O) groups is 1. The summed E-state index contributed by atoms with van der Waals surface area (Å²) in [5.74, 6) is 2.51. The maximum absolute atomic E-state index is 11.9. The third kappa shape index (κ3) is 5.49. The number of ether oxygens (including phenoxy) is 2. The van der Waals surface area contributed by atoms with E-state index in [1.807, 2.05) is 17.0 Å². The van der Waals surface area contributed by atoms with Crippen molar-refractivity contribution in [2.45, 2.75) is 51.6 Å². The fourth-order valence-corrected chi connectivity index (χ4v) is 5.86. The Morgan fingerprint density at radius 2 is 1.70 bits per heavy atom. The second-order valence-corrected chi connectivity index (χ2v) is 10.2. The number of fused-ring (bicyclic) bond motifs is 1. The van der Waals surface area contributed by atoms with E-state index in [1.165, 1.54) is 5.56 Å². The number of rotatable bonds is 7. The number of aromatic nitrogens is 4. The summed E-state index contributed by atoms with van der Waals surface area (Å²) in [5, 5.41) is 12.7. The van der Waals surface area contributed by atoms with Gasteiger partial charge in [-0.05, 0) is 62.4 Å². The Labute approximate surface area is 218 Å². The van der Waals surface area contributed by atoms with Crippen molar-refractivity contribution in [2.24, 2.45) is 0 Å². The molecule has 0 spiro atoms. The monoisotopic (exact) mass is 507 g/mol. The molecule has 2 aliphatic heterocycles. The van der Waals surface area contributed by atoms with Gasteiger partial charge in [-0.3, -0.25) is 9.69 Å². The summed E-state index contributed by atoms with van der Waals surface area (Å²) < 4.78 is 13.0. The molecule has 2 aromatic heterocycles. The van der Waals surface area contributed by atoms with Gasteiger partial charge in [0.15, 0.2) is 5.65 Å². The predicted molar refractivity (Wildman–Crippen MR) is 141 cm³/mol. The number of hydrogen-bond donors (Lipinski definition) is 0. The molecule has 37 heavy (non-hydrogen) atoms. The molecular formula is C27H37N7O3. The normalized spacial score (nSPS) is 21.4. The van der Waals surface area contributed by atoms with Gasteiger partial charge in [0, 0.05) is 51.7 Å². The highest BCUT2D eigenvalue weighted by atomic mass is 16.5. The molecule has 0 saturated carbocycles. The Balaban J connectivity index is 1.09. The number of piperazine rings is 1. The minimum Gasteiger partial charge on any atom is -0.492 e. The molecular weight excluding hydrogens is 470 g/mol. The highest BCUT2D eigenvalue weighted by Gasteiger charge is 2.30. The van der Waals surface area contributed by atoms with Gasteiger partial charge in [0.1, 0.15) is 18.2 Å². The van der Waals surface area contributed by atoms with Crippen molar-refractivity contribution in [1.29, 1.82) is 0 Å². The van der Waals surface area contributed by atoms with Gasteiger partial charge < -0.3 is 19.3 Å². The van der Waals surface area contributed by atoms with Crippen LogP contribution in [0.4, 0.5) is 5.82 Å². The number of benzene rings is 1. The first-order valence-corrected chi connectivity index (χ1v) is 13.2.